The summed E-state index contributed by atoms with van der Waals surface area (Å²) >= 11 is 4.50. The zero-order chi connectivity index (χ0) is 25.0. The molecule has 3 rings (SSSR count). The number of thiol groups is 1. The van der Waals surface area contributed by atoms with Crippen LogP contribution < -0.4 is 5.32 Å². The Morgan fingerprint density at radius 3 is 1.44 bits per heavy atom. The fourth-order valence-corrected chi connectivity index (χ4v) is 4.11. The van der Waals surface area contributed by atoms with Crippen molar-refractivity contribution in [2.45, 2.75) is 76.7 Å². The molecule has 0 radical (unpaired) electrons. The van der Waals surface area contributed by atoms with Gasteiger partial charge in [0.15, 0.2) is 0 Å². The molecule has 0 aliphatic heterocycles. The largest absolute Gasteiger partial charge is 0.388 e. The van der Waals surface area contributed by atoms with Crippen molar-refractivity contribution in [1.82, 2.24) is 5.32 Å². The van der Waals surface area contributed by atoms with Crippen LogP contribution in [0.2, 0.25) is 0 Å². The molecule has 0 aliphatic rings. The lowest BCUT2D eigenvalue weighted by atomic mass is 10.0. The van der Waals surface area contributed by atoms with Crippen molar-refractivity contribution in [1.29, 1.82) is 0 Å². The number of aliphatic hydroxyl groups is 1. The highest BCUT2D eigenvalue weighted by molar-refractivity contribution is 7.80. The highest BCUT2D eigenvalue weighted by Gasteiger charge is 2.05. The summed E-state index contributed by atoms with van der Waals surface area (Å²) in [6.07, 6.45) is 6.39. The van der Waals surface area contributed by atoms with E-state index in [0.29, 0.717) is 11.3 Å². The first-order chi connectivity index (χ1) is 16.6. The predicted molar refractivity (Wildman–Crippen MR) is 153 cm³/mol. The molecule has 186 valence electrons. The van der Waals surface area contributed by atoms with E-state index >= 15 is 0 Å². The Balaban J connectivity index is 0.000000255. The number of hydrogen-bond donors (Lipinski definition) is 3. The molecule has 0 unspecified atom stereocenters. The third kappa shape index (κ3) is 12.4. The Morgan fingerprint density at radius 2 is 1.03 bits per heavy atom. The smallest absolute Gasteiger partial charge is 0.0790 e. The van der Waals surface area contributed by atoms with Crippen molar-refractivity contribution in [3.8, 4) is 0 Å². The maximum absolute atomic E-state index is 9.52. The lowest BCUT2D eigenvalue weighted by Crippen LogP contribution is -2.15. The van der Waals surface area contributed by atoms with E-state index < -0.39 is 0 Å². The van der Waals surface area contributed by atoms with Crippen molar-refractivity contribution in [3.63, 3.8) is 0 Å². The molecule has 2 N–H and O–H groups in total. The summed E-state index contributed by atoms with van der Waals surface area (Å²) in [5.41, 5.74) is 3.74. The van der Waals surface area contributed by atoms with E-state index in [1.165, 1.54) is 30.4 Å². The second-order valence-electron chi connectivity index (χ2n) is 8.47. The van der Waals surface area contributed by atoms with Gasteiger partial charge in [-0.15, -0.1) is 0 Å². The Hall–Kier alpha value is -2.07. The molecule has 3 aromatic rings. The van der Waals surface area contributed by atoms with Crippen LogP contribution in [-0.2, 0) is 0 Å². The predicted octanol–water partition coefficient (Wildman–Crippen LogP) is 8.72. The van der Waals surface area contributed by atoms with Crippen LogP contribution in [0.15, 0.2) is 91.0 Å². The van der Waals surface area contributed by atoms with Gasteiger partial charge in [-0.2, -0.15) is 12.6 Å². The van der Waals surface area contributed by atoms with Gasteiger partial charge < -0.3 is 10.4 Å². The first-order valence-corrected chi connectivity index (χ1v) is 13.3. The minimum absolute atomic E-state index is 0.277. The van der Waals surface area contributed by atoms with Gasteiger partial charge in [0.25, 0.3) is 0 Å². The van der Waals surface area contributed by atoms with E-state index in [2.05, 4.69) is 93.3 Å². The van der Waals surface area contributed by atoms with E-state index in [4.69, 9.17) is 0 Å². The van der Waals surface area contributed by atoms with Crippen LogP contribution in [0.4, 0.5) is 0 Å². The van der Waals surface area contributed by atoms with Crippen molar-refractivity contribution < 1.29 is 5.11 Å². The molecule has 0 fully saturated rings. The van der Waals surface area contributed by atoms with Gasteiger partial charge in [0.2, 0.25) is 0 Å². The third-order valence-electron chi connectivity index (χ3n) is 5.62. The minimum Gasteiger partial charge on any atom is -0.388 e. The summed E-state index contributed by atoms with van der Waals surface area (Å²) in [5.74, 6) is 0. The van der Waals surface area contributed by atoms with Crippen molar-refractivity contribution in [2.75, 3.05) is 7.05 Å². The lowest BCUT2D eigenvalue weighted by molar-refractivity contribution is 0.166. The van der Waals surface area contributed by atoms with Crippen LogP contribution in [0.1, 0.15) is 93.4 Å². The topological polar surface area (TPSA) is 32.3 Å². The standard InChI is InChI=1S/C11H17N.C10H14O.C10H14S/c1-3-7-11(12-2)10-8-5-4-6-9-10;2*1-2-6-10(11)9-7-4-3-5-8-9/h4-6,8-9,11-12H,3,7H2,1-2H3;2*3-5,7-8,10-11H,2,6H2,1H3/t11-;2*10-/m000/s1. The van der Waals surface area contributed by atoms with Crippen LogP contribution in [0.5, 0.6) is 0 Å². The molecule has 0 bridgehead atoms. The quantitative estimate of drug-likeness (QED) is 0.254. The van der Waals surface area contributed by atoms with Gasteiger partial charge in [0.05, 0.1) is 6.10 Å². The number of rotatable bonds is 10. The minimum atomic E-state index is -0.277. The van der Waals surface area contributed by atoms with Crippen LogP contribution in [0.25, 0.3) is 0 Å². The molecule has 2 nitrogen and oxygen atoms in total. The Labute approximate surface area is 214 Å². The Morgan fingerprint density at radius 1 is 0.618 bits per heavy atom. The highest BCUT2D eigenvalue weighted by Crippen LogP contribution is 2.24. The monoisotopic (exact) mass is 479 g/mol. The summed E-state index contributed by atoms with van der Waals surface area (Å²) in [4.78, 5) is 0. The van der Waals surface area contributed by atoms with Crippen LogP contribution in [0.3, 0.4) is 0 Å². The fourth-order valence-electron chi connectivity index (χ4n) is 3.68. The maximum Gasteiger partial charge on any atom is 0.0790 e. The molecule has 3 aromatic carbocycles. The normalized spacial score (nSPS) is 12.9. The maximum atomic E-state index is 9.52. The molecular formula is C31H45NOS. The number of hydrogen-bond acceptors (Lipinski definition) is 3. The highest BCUT2D eigenvalue weighted by atomic mass is 32.1. The molecule has 0 amide bonds. The van der Waals surface area contributed by atoms with E-state index in [-0.39, 0.29) is 6.10 Å². The first kappa shape index (κ1) is 30.0. The van der Waals surface area contributed by atoms with E-state index in [0.717, 1.165) is 24.8 Å². The molecule has 3 heteroatoms. The van der Waals surface area contributed by atoms with Crippen molar-refractivity contribution >= 4 is 12.6 Å². The van der Waals surface area contributed by atoms with Gasteiger partial charge in [-0.25, -0.2) is 0 Å². The number of benzene rings is 3. The van der Waals surface area contributed by atoms with E-state index in [9.17, 15) is 5.11 Å². The fraction of sp³-hybridized carbons (Fsp3) is 0.419. The van der Waals surface area contributed by atoms with Gasteiger partial charge in [0.1, 0.15) is 0 Å². The van der Waals surface area contributed by atoms with Gasteiger partial charge in [-0.1, -0.05) is 131 Å². The average Bonchev–Trinajstić information content (AvgIpc) is 2.90. The zero-order valence-corrected chi connectivity index (χ0v) is 22.4. The summed E-state index contributed by atoms with van der Waals surface area (Å²) < 4.78 is 0. The van der Waals surface area contributed by atoms with E-state index in [1.54, 1.807) is 0 Å². The zero-order valence-electron chi connectivity index (χ0n) is 21.5. The van der Waals surface area contributed by atoms with Gasteiger partial charge in [0, 0.05) is 11.3 Å². The number of nitrogens with one attached hydrogen (secondary N) is 1. The Bertz CT molecular complexity index is 778. The first-order valence-electron chi connectivity index (χ1n) is 12.7. The molecule has 0 saturated heterocycles. The van der Waals surface area contributed by atoms with Crippen LogP contribution in [0, 0.1) is 0 Å². The van der Waals surface area contributed by atoms with Gasteiger partial charge in [-0.05, 0) is 43.0 Å². The molecule has 0 spiro atoms. The van der Waals surface area contributed by atoms with Gasteiger partial charge >= 0.3 is 0 Å². The molecule has 0 heterocycles. The molecule has 0 aliphatic carbocycles. The molecule has 34 heavy (non-hydrogen) atoms. The molecule has 3 atom stereocenters. The third-order valence-corrected chi connectivity index (χ3v) is 6.18. The number of aliphatic hydroxyl groups excluding tert-OH is 1. The SMILES string of the molecule is CCC[C@H](NC)c1ccccc1.CCC[C@H](O)c1ccccc1.CCC[C@H](S)c1ccccc1. The van der Waals surface area contributed by atoms with E-state index in [1.807, 2.05) is 43.4 Å². The molecular weight excluding hydrogens is 434 g/mol. The lowest BCUT2D eigenvalue weighted by Gasteiger charge is -2.14. The average molecular weight is 480 g/mol. The molecule has 0 aromatic heterocycles. The summed E-state index contributed by atoms with van der Waals surface area (Å²) in [6, 6.07) is 31.3. The van der Waals surface area contributed by atoms with Crippen LogP contribution in [-0.4, -0.2) is 12.2 Å². The van der Waals surface area contributed by atoms with Crippen LogP contribution >= 0.6 is 12.6 Å². The molecule has 0 saturated carbocycles. The second kappa shape index (κ2) is 19.3. The summed E-state index contributed by atoms with van der Waals surface area (Å²) in [7, 11) is 2.02. The van der Waals surface area contributed by atoms with Gasteiger partial charge in [-0.3, -0.25) is 0 Å². The summed E-state index contributed by atoms with van der Waals surface area (Å²) in [6.45, 7) is 6.48. The van der Waals surface area contributed by atoms with Crippen molar-refractivity contribution in [2.24, 2.45) is 0 Å². The Kier molecular flexibility index (Phi) is 17.0. The summed E-state index contributed by atoms with van der Waals surface area (Å²) in [5, 5.41) is 13.3. The van der Waals surface area contributed by atoms with Crippen molar-refractivity contribution in [3.05, 3.63) is 108 Å². The second-order valence-corrected chi connectivity index (χ2v) is 9.09.